The molecule has 430 valence electrons. The van der Waals surface area contributed by atoms with Crippen LogP contribution in [0.3, 0.4) is 0 Å². The number of hydrogen-bond acceptors (Lipinski definition) is 15. The van der Waals surface area contributed by atoms with Crippen LogP contribution in [0.1, 0.15) is 251 Å². The van der Waals surface area contributed by atoms with E-state index in [0.717, 1.165) is 38.5 Å². The average molecular weight is 1050 g/mol. The summed E-state index contributed by atoms with van der Waals surface area (Å²) in [6.45, 7) is 2.64. The van der Waals surface area contributed by atoms with E-state index in [1.807, 2.05) is 0 Å². The van der Waals surface area contributed by atoms with Crippen LogP contribution in [0.25, 0.3) is 0 Å². The summed E-state index contributed by atoms with van der Waals surface area (Å²) < 4.78 is 33.7. The topological polar surface area (TPSA) is 231 Å². The maximum Gasteiger partial charge on any atom is 0.306 e. The molecule has 2 fully saturated rings. The van der Waals surface area contributed by atoms with Crippen LogP contribution in [0.2, 0.25) is 0 Å². The molecule has 15 nitrogen and oxygen atoms in total. The Morgan fingerprint density at radius 3 is 1.21 bits per heavy atom. The monoisotopic (exact) mass is 1040 g/mol. The Hall–Kier alpha value is -1.76. The number of allylic oxidation sites excluding steroid dienone is 2. The molecular formula is C58H108O15. The number of esters is 2. The summed E-state index contributed by atoms with van der Waals surface area (Å²) >= 11 is 0. The highest BCUT2D eigenvalue weighted by Crippen LogP contribution is 2.27. The molecule has 0 bridgehead atoms. The van der Waals surface area contributed by atoms with Crippen LogP contribution in [0.4, 0.5) is 0 Å². The lowest BCUT2D eigenvalue weighted by atomic mass is 9.98. The van der Waals surface area contributed by atoms with Gasteiger partial charge in [0.05, 0.1) is 19.8 Å². The third-order valence-corrected chi connectivity index (χ3v) is 14.5. The second kappa shape index (κ2) is 45.3. The number of carbonyl (C=O) groups excluding carboxylic acids is 2. The summed E-state index contributed by atoms with van der Waals surface area (Å²) in [5.74, 6) is -0.910. The van der Waals surface area contributed by atoms with Crippen molar-refractivity contribution in [1.82, 2.24) is 0 Å². The van der Waals surface area contributed by atoms with Gasteiger partial charge in [0.15, 0.2) is 18.7 Å². The first-order chi connectivity index (χ1) is 35.5. The molecule has 0 spiro atoms. The van der Waals surface area contributed by atoms with Gasteiger partial charge in [0.2, 0.25) is 0 Å². The van der Waals surface area contributed by atoms with E-state index in [1.165, 1.54) is 173 Å². The average Bonchev–Trinajstić information content (AvgIpc) is 3.38. The van der Waals surface area contributed by atoms with Crippen LogP contribution in [0.5, 0.6) is 0 Å². The SMILES string of the molecule is CCCCCCCCCC/C=C\CCCCCCCCCCCCCC(=O)OC(COC(=O)CCCCCCCCCCCCCCCC)COC1OC(COC2OC(CO)C(O)C(O)C2O)C(O)C(O)C1O. The first-order valence-corrected chi connectivity index (χ1v) is 29.8. The van der Waals surface area contributed by atoms with Crippen molar-refractivity contribution in [3.05, 3.63) is 12.2 Å². The fraction of sp³-hybridized carbons (Fsp3) is 0.931. The van der Waals surface area contributed by atoms with E-state index >= 15 is 0 Å². The van der Waals surface area contributed by atoms with Gasteiger partial charge in [-0.05, 0) is 38.5 Å². The Labute approximate surface area is 441 Å². The van der Waals surface area contributed by atoms with Crippen molar-refractivity contribution in [1.29, 1.82) is 0 Å². The summed E-state index contributed by atoms with van der Waals surface area (Å²) in [5.41, 5.74) is 0. The minimum absolute atomic E-state index is 0.169. The lowest BCUT2D eigenvalue weighted by Gasteiger charge is -2.42. The molecule has 0 radical (unpaired) electrons. The third-order valence-electron chi connectivity index (χ3n) is 14.5. The zero-order valence-corrected chi connectivity index (χ0v) is 45.9. The minimum atomic E-state index is -1.76. The molecule has 0 aromatic rings. The van der Waals surface area contributed by atoms with E-state index in [-0.39, 0.29) is 26.1 Å². The molecule has 7 N–H and O–H groups in total. The minimum Gasteiger partial charge on any atom is -0.462 e. The van der Waals surface area contributed by atoms with Crippen LogP contribution in [0.15, 0.2) is 12.2 Å². The molecule has 0 aliphatic carbocycles. The molecule has 73 heavy (non-hydrogen) atoms. The number of carbonyl (C=O) groups is 2. The second-order valence-corrected chi connectivity index (χ2v) is 21.2. The number of aliphatic hydroxyl groups is 7. The van der Waals surface area contributed by atoms with Crippen LogP contribution >= 0.6 is 0 Å². The standard InChI is InChI=1S/C58H108O15/c1-3-5-7-9-11-13-15-17-19-20-21-22-23-24-25-26-27-29-31-33-35-37-39-41-50(61)71-46(43-68-49(60)40-38-36-34-32-30-28-18-16-14-12-10-8-6-4-2)44-69-57-56(67)54(65)52(63)48(73-57)45-70-58-55(66)53(64)51(62)47(42-59)72-58/h20-21,46-48,51-59,62-67H,3-19,22-45H2,1-2H3/b21-20-. The van der Waals surface area contributed by atoms with Crippen molar-refractivity contribution < 1.29 is 73.8 Å². The molecule has 2 aliphatic heterocycles. The van der Waals surface area contributed by atoms with Gasteiger partial charge in [-0.15, -0.1) is 0 Å². The van der Waals surface area contributed by atoms with Gasteiger partial charge in [-0.25, -0.2) is 0 Å². The zero-order chi connectivity index (χ0) is 53.2. The van der Waals surface area contributed by atoms with Crippen LogP contribution < -0.4 is 0 Å². The number of hydrogen-bond donors (Lipinski definition) is 7. The van der Waals surface area contributed by atoms with Gasteiger partial charge in [0.1, 0.15) is 55.4 Å². The van der Waals surface area contributed by atoms with Crippen molar-refractivity contribution in [2.45, 2.75) is 319 Å². The quantitative estimate of drug-likeness (QED) is 0.0171. The normalized spacial score (nSPS) is 24.8. The second-order valence-electron chi connectivity index (χ2n) is 21.2. The van der Waals surface area contributed by atoms with Crippen molar-refractivity contribution >= 4 is 11.9 Å². The molecule has 2 saturated heterocycles. The first-order valence-electron chi connectivity index (χ1n) is 29.8. The van der Waals surface area contributed by atoms with Crippen LogP contribution in [-0.2, 0) is 38.0 Å². The van der Waals surface area contributed by atoms with Crippen molar-refractivity contribution in [2.75, 3.05) is 26.4 Å². The fourth-order valence-corrected chi connectivity index (χ4v) is 9.63. The number of aliphatic hydroxyl groups excluding tert-OH is 7. The third kappa shape index (κ3) is 32.6. The number of rotatable bonds is 48. The Morgan fingerprint density at radius 1 is 0.425 bits per heavy atom. The van der Waals surface area contributed by atoms with E-state index in [0.29, 0.717) is 12.8 Å². The fourth-order valence-electron chi connectivity index (χ4n) is 9.63. The highest BCUT2D eigenvalue weighted by atomic mass is 16.7. The summed E-state index contributed by atoms with van der Waals surface area (Å²) in [6, 6.07) is 0. The van der Waals surface area contributed by atoms with Crippen LogP contribution in [-0.4, -0.2) is 142 Å². The molecule has 15 heteroatoms. The summed E-state index contributed by atoms with van der Waals surface area (Å²) in [5, 5.41) is 72.3. The highest BCUT2D eigenvalue weighted by molar-refractivity contribution is 5.70. The molecular weight excluding hydrogens is 937 g/mol. The molecule has 2 rings (SSSR count). The largest absolute Gasteiger partial charge is 0.462 e. The van der Waals surface area contributed by atoms with Gasteiger partial charge >= 0.3 is 11.9 Å². The lowest BCUT2D eigenvalue weighted by molar-refractivity contribution is -0.332. The van der Waals surface area contributed by atoms with Gasteiger partial charge in [0, 0.05) is 12.8 Å². The molecule has 2 heterocycles. The van der Waals surface area contributed by atoms with Gasteiger partial charge < -0.3 is 64.2 Å². The highest BCUT2D eigenvalue weighted by Gasteiger charge is 2.47. The Balaban J connectivity index is 1.72. The molecule has 0 saturated carbocycles. The Morgan fingerprint density at radius 2 is 0.781 bits per heavy atom. The zero-order valence-electron chi connectivity index (χ0n) is 45.9. The number of unbranched alkanes of at least 4 members (excludes halogenated alkanes) is 32. The maximum atomic E-state index is 13.1. The van der Waals surface area contributed by atoms with Crippen molar-refractivity contribution in [2.24, 2.45) is 0 Å². The van der Waals surface area contributed by atoms with Gasteiger partial charge in [0.25, 0.3) is 0 Å². The van der Waals surface area contributed by atoms with E-state index in [9.17, 15) is 45.3 Å². The predicted octanol–water partition coefficient (Wildman–Crippen LogP) is 10.1. The van der Waals surface area contributed by atoms with Gasteiger partial charge in [-0.3, -0.25) is 9.59 Å². The summed E-state index contributed by atoms with van der Waals surface area (Å²) in [6.07, 6.45) is 30.9. The Bertz CT molecular complexity index is 1320. The molecule has 0 aromatic carbocycles. The van der Waals surface area contributed by atoms with Crippen LogP contribution in [0, 0.1) is 0 Å². The molecule has 0 amide bonds. The van der Waals surface area contributed by atoms with Gasteiger partial charge in [-0.1, -0.05) is 212 Å². The van der Waals surface area contributed by atoms with E-state index in [1.54, 1.807) is 0 Å². The first kappa shape index (κ1) is 67.3. The Kier molecular flexibility index (Phi) is 41.8. The van der Waals surface area contributed by atoms with E-state index in [4.69, 9.17) is 28.4 Å². The smallest absolute Gasteiger partial charge is 0.306 e. The molecule has 11 unspecified atom stereocenters. The van der Waals surface area contributed by atoms with Crippen molar-refractivity contribution in [3.63, 3.8) is 0 Å². The summed E-state index contributed by atoms with van der Waals surface area (Å²) in [4.78, 5) is 25.9. The number of ether oxygens (including phenoxy) is 6. The van der Waals surface area contributed by atoms with E-state index in [2.05, 4.69) is 26.0 Å². The van der Waals surface area contributed by atoms with E-state index < -0.39 is 92.7 Å². The van der Waals surface area contributed by atoms with Gasteiger partial charge in [-0.2, -0.15) is 0 Å². The molecule has 11 atom stereocenters. The molecule has 0 aromatic heterocycles. The predicted molar refractivity (Wildman–Crippen MR) is 285 cm³/mol. The van der Waals surface area contributed by atoms with Crippen molar-refractivity contribution in [3.8, 4) is 0 Å². The summed E-state index contributed by atoms with van der Waals surface area (Å²) in [7, 11) is 0. The lowest BCUT2D eigenvalue weighted by Crippen LogP contribution is -2.61. The maximum absolute atomic E-state index is 13.1. The molecule has 2 aliphatic rings.